The molecule has 0 saturated carbocycles. The summed E-state index contributed by atoms with van der Waals surface area (Å²) in [4.78, 5) is 0. The Bertz CT molecular complexity index is 3140. The molecule has 0 nitrogen and oxygen atoms in total. The van der Waals surface area contributed by atoms with Crippen molar-refractivity contribution < 1.29 is 0 Å². The maximum absolute atomic E-state index is 2.48. The number of hydrogen-bond acceptors (Lipinski definition) is 0. The third kappa shape index (κ3) is 4.69. The fourth-order valence-corrected chi connectivity index (χ4v) is 9.09. The molecule has 0 radical (unpaired) electrons. The average molecular weight is 673 g/mol. The number of fused-ring (bicyclic) bond motifs is 8. The topological polar surface area (TPSA) is 0 Å². The standard InChI is InChI=1S/C53H36/c1-53(2)51-31-40(39-18-15-33-9-3-6-12-36(33)25-39)21-22-47(51)50-30-43-28-48-45(41-19-16-34-10-4-7-13-37(34)26-41)23-24-46(49(48)29-44(43)32-52(50)53)42-20-17-35-11-5-8-14-38(35)27-42/h3-32H,1-2H3. The van der Waals surface area contributed by atoms with Crippen molar-refractivity contribution in [2.75, 3.05) is 0 Å². The van der Waals surface area contributed by atoms with Crippen LogP contribution < -0.4 is 0 Å². The zero-order valence-corrected chi connectivity index (χ0v) is 29.8. The van der Waals surface area contributed by atoms with Crippen molar-refractivity contribution in [1.29, 1.82) is 0 Å². The first-order valence-corrected chi connectivity index (χ1v) is 18.7. The molecule has 248 valence electrons. The van der Waals surface area contributed by atoms with Gasteiger partial charge in [0.1, 0.15) is 0 Å². The molecule has 0 fully saturated rings. The summed E-state index contributed by atoms with van der Waals surface area (Å²) in [5.74, 6) is 0. The van der Waals surface area contributed by atoms with Gasteiger partial charge in [0, 0.05) is 5.41 Å². The highest BCUT2D eigenvalue weighted by molar-refractivity contribution is 6.13. The third-order valence-electron chi connectivity index (χ3n) is 12.0. The van der Waals surface area contributed by atoms with Gasteiger partial charge in [-0.3, -0.25) is 0 Å². The van der Waals surface area contributed by atoms with Gasteiger partial charge in [0.2, 0.25) is 0 Å². The molecule has 0 amide bonds. The lowest BCUT2D eigenvalue weighted by atomic mass is 9.80. The summed E-state index contributed by atoms with van der Waals surface area (Å²) in [6, 6.07) is 68.2. The Balaban J connectivity index is 1.12. The highest BCUT2D eigenvalue weighted by Gasteiger charge is 2.36. The quantitative estimate of drug-likeness (QED) is 0.164. The molecule has 0 heteroatoms. The predicted molar refractivity (Wildman–Crippen MR) is 228 cm³/mol. The smallest absolute Gasteiger partial charge is 0.0159 e. The molecule has 53 heavy (non-hydrogen) atoms. The largest absolute Gasteiger partial charge is 0.0616 e. The Morgan fingerprint density at radius 2 is 0.660 bits per heavy atom. The van der Waals surface area contributed by atoms with Gasteiger partial charge in [-0.15, -0.1) is 0 Å². The summed E-state index contributed by atoms with van der Waals surface area (Å²) >= 11 is 0. The minimum atomic E-state index is -0.130. The highest BCUT2D eigenvalue weighted by atomic mass is 14.4. The average Bonchev–Trinajstić information content (AvgIpc) is 3.42. The predicted octanol–water partition coefficient (Wildman–Crippen LogP) is 14.8. The van der Waals surface area contributed by atoms with Crippen LogP contribution in [0.2, 0.25) is 0 Å². The van der Waals surface area contributed by atoms with E-state index in [1.54, 1.807) is 0 Å². The second kappa shape index (κ2) is 11.2. The first-order chi connectivity index (χ1) is 26.0. The molecule has 0 aliphatic heterocycles. The van der Waals surface area contributed by atoms with Gasteiger partial charge < -0.3 is 0 Å². The fraction of sp³-hybridized carbons (Fsp3) is 0.0566. The minimum Gasteiger partial charge on any atom is -0.0616 e. The highest BCUT2D eigenvalue weighted by Crippen LogP contribution is 2.51. The van der Waals surface area contributed by atoms with Crippen molar-refractivity contribution in [3.05, 3.63) is 193 Å². The number of benzene rings is 10. The molecule has 10 aromatic rings. The summed E-state index contributed by atoms with van der Waals surface area (Å²) in [7, 11) is 0. The van der Waals surface area contributed by atoms with E-state index < -0.39 is 0 Å². The second-order valence-electron chi connectivity index (χ2n) is 15.4. The molecule has 0 bridgehead atoms. The first-order valence-electron chi connectivity index (χ1n) is 18.7. The van der Waals surface area contributed by atoms with Gasteiger partial charge >= 0.3 is 0 Å². The molecule has 0 heterocycles. The minimum absolute atomic E-state index is 0.130. The molecule has 10 aromatic carbocycles. The summed E-state index contributed by atoms with van der Waals surface area (Å²) in [6.45, 7) is 4.79. The second-order valence-corrected chi connectivity index (χ2v) is 15.4. The van der Waals surface area contributed by atoms with Gasteiger partial charge in [-0.1, -0.05) is 147 Å². The van der Waals surface area contributed by atoms with Gasteiger partial charge in [0.15, 0.2) is 0 Å². The van der Waals surface area contributed by atoms with Crippen LogP contribution in [0.3, 0.4) is 0 Å². The number of rotatable bonds is 3. The molecule has 0 saturated heterocycles. The normalized spacial score (nSPS) is 13.2. The van der Waals surface area contributed by atoms with E-state index in [9.17, 15) is 0 Å². The molecule has 1 aliphatic carbocycles. The molecule has 0 atom stereocenters. The monoisotopic (exact) mass is 672 g/mol. The third-order valence-corrected chi connectivity index (χ3v) is 12.0. The van der Waals surface area contributed by atoms with Gasteiger partial charge in [-0.05, 0) is 158 Å². The van der Waals surface area contributed by atoms with Gasteiger partial charge in [0.05, 0.1) is 0 Å². The summed E-state index contributed by atoms with van der Waals surface area (Å²) in [6.07, 6.45) is 0. The SMILES string of the molecule is CC1(C)c2cc(-c3ccc4ccccc4c3)ccc2-c2cc3cc4c(-c5ccc6ccccc6c5)ccc(-c5ccc6ccccc6c5)c4cc3cc21. The van der Waals surface area contributed by atoms with E-state index in [2.05, 4.69) is 196 Å². The molecular formula is C53H36. The van der Waals surface area contributed by atoms with Crippen LogP contribution in [0.5, 0.6) is 0 Å². The van der Waals surface area contributed by atoms with Gasteiger partial charge in [-0.25, -0.2) is 0 Å². The molecule has 0 unspecified atom stereocenters. The zero-order valence-electron chi connectivity index (χ0n) is 29.8. The zero-order chi connectivity index (χ0) is 35.3. The van der Waals surface area contributed by atoms with Crippen molar-refractivity contribution in [3.63, 3.8) is 0 Å². The Morgan fingerprint density at radius 3 is 1.21 bits per heavy atom. The molecule has 11 rings (SSSR count). The maximum atomic E-state index is 2.48. The van der Waals surface area contributed by atoms with Crippen molar-refractivity contribution in [2.45, 2.75) is 19.3 Å². The van der Waals surface area contributed by atoms with Crippen molar-refractivity contribution >= 4 is 53.9 Å². The molecule has 0 aromatic heterocycles. The van der Waals surface area contributed by atoms with Gasteiger partial charge in [0.25, 0.3) is 0 Å². The van der Waals surface area contributed by atoms with Gasteiger partial charge in [-0.2, -0.15) is 0 Å². The van der Waals surface area contributed by atoms with E-state index in [0.717, 1.165) is 0 Å². The molecule has 0 N–H and O–H groups in total. The molecular weight excluding hydrogens is 637 g/mol. The molecule has 1 aliphatic rings. The van der Waals surface area contributed by atoms with E-state index in [4.69, 9.17) is 0 Å². The maximum Gasteiger partial charge on any atom is 0.0159 e. The van der Waals surface area contributed by atoms with Crippen LogP contribution in [-0.4, -0.2) is 0 Å². The lowest BCUT2D eigenvalue weighted by molar-refractivity contribution is 0.661. The summed E-state index contributed by atoms with van der Waals surface area (Å²) < 4.78 is 0. The Kier molecular flexibility index (Phi) is 6.40. The fourth-order valence-electron chi connectivity index (χ4n) is 9.09. The van der Waals surface area contributed by atoms with Crippen LogP contribution in [0.25, 0.3) is 98.4 Å². The first kappa shape index (κ1) is 30.2. The van der Waals surface area contributed by atoms with E-state index in [0.29, 0.717) is 0 Å². The van der Waals surface area contributed by atoms with Crippen LogP contribution in [-0.2, 0) is 5.41 Å². The van der Waals surface area contributed by atoms with E-state index in [1.807, 2.05) is 0 Å². The van der Waals surface area contributed by atoms with Crippen molar-refractivity contribution in [3.8, 4) is 44.5 Å². The molecule has 0 spiro atoms. The van der Waals surface area contributed by atoms with Crippen molar-refractivity contribution in [1.82, 2.24) is 0 Å². The van der Waals surface area contributed by atoms with Crippen LogP contribution in [0.4, 0.5) is 0 Å². The van der Waals surface area contributed by atoms with Crippen LogP contribution >= 0.6 is 0 Å². The van der Waals surface area contributed by atoms with Crippen LogP contribution in [0.15, 0.2) is 182 Å². The summed E-state index contributed by atoms with van der Waals surface area (Å²) in [5.41, 5.74) is 12.9. The van der Waals surface area contributed by atoms with E-state index in [1.165, 1.54) is 109 Å². The van der Waals surface area contributed by atoms with Crippen molar-refractivity contribution in [2.24, 2.45) is 0 Å². The lowest BCUT2D eigenvalue weighted by Crippen LogP contribution is -2.15. The Morgan fingerprint density at radius 1 is 0.264 bits per heavy atom. The number of hydrogen-bond donors (Lipinski definition) is 0. The Labute approximate surface area is 309 Å². The lowest BCUT2D eigenvalue weighted by Gasteiger charge is -2.22. The van der Waals surface area contributed by atoms with Crippen LogP contribution in [0, 0.1) is 0 Å². The Hall–Kier alpha value is -6.50. The van der Waals surface area contributed by atoms with E-state index >= 15 is 0 Å². The van der Waals surface area contributed by atoms with Crippen LogP contribution in [0.1, 0.15) is 25.0 Å². The van der Waals surface area contributed by atoms with E-state index in [-0.39, 0.29) is 5.41 Å². The summed E-state index contributed by atoms with van der Waals surface area (Å²) in [5, 5.41) is 12.7.